The van der Waals surface area contributed by atoms with Crippen LogP contribution in [-0.2, 0) is 5.41 Å². The van der Waals surface area contributed by atoms with E-state index in [2.05, 4.69) is 229 Å². The van der Waals surface area contributed by atoms with Gasteiger partial charge in [-0.1, -0.05) is 135 Å². The van der Waals surface area contributed by atoms with E-state index in [1.807, 2.05) is 0 Å². The predicted molar refractivity (Wildman–Crippen MR) is 251 cm³/mol. The lowest BCUT2D eigenvalue weighted by Crippen LogP contribution is -2.27. The lowest BCUT2D eigenvalue weighted by molar-refractivity contribution is 0.660. The zero-order valence-electron chi connectivity index (χ0n) is 33.3. The first kappa shape index (κ1) is 35.3. The second-order valence-electron chi connectivity index (χ2n) is 17.1. The maximum Gasteiger partial charge on any atom is 0.0694 e. The smallest absolute Gasteiger partial charge is 0.0694 e. The van der Waals surface area contributed by atoms with E-state index in [9.17, 15) is 0 Å². The Morgan fingerprint density at radius 1 is 0.525 bits per heavy atom. The maximum absolute atomic E-state index is 2.76. The topological polar surface area (TPSA) is 6.48 Å². The second kappa shape index (κ2) is 13.7. The molecule has 59 heavy (non-hydrogen) atoms. The summed E-state index contributed by atoms with van der Waals surface area (Å²) in [5, 5.41) is 1.00. The zero-order valence-corrected chi connectivity index (χ0v) is 34.9. The first-order valence-corrected chi connectivity index (χ1v) is 22.8. The molecule has 4 atom stereocenters. The average molecular weight is 797 g/mol. The first-order chi connectivity index (χ1) is 29.0. The lowest BCUT2D eigenvalue weighted by Gasteiger charge is -2.33. The fourth-order valence-electron chi connectivity index (χ4n) is 10.6. The van der Waals surface area contributed by atoms with Crippen molar-refractivity contribution in [3.8, 4) is 22.3 Å². The van der Waals surface area contributed by atoms with Crippen molar-refractivity contribution in [2.75, 3.05) is 9.80 Å². The molecule has 0 aromatic heterocycles. The third kappa shape index (κ3) is 5.56. The minimum absolute atomic E-state index is 0.0440. The Morgan fingerprint density at radius 2 is 1.07 bits per heavy atom. The average Bonchev–Trinajstić information content (AvgIpc) is 4.01. The third-order valence-corrected chi connectivity index (χ3v) is 16.5. The number of thioether (sulfide) groups is 2. The highest BCUT2D eigenvalue weighted by atomic mass is 32.2. The van der Waals surface area contributed by atoms with Gasteiger partial charge in [-0.2, -0.15) is 0 Å². The summed E-state index contributed by atoms with van der Waals surface area (Å²) in [6, 6.07) is 62.7. The van der Waals surface area contributed by atoms with Crippen LogP contribution < -0.4 is 9.80 Å². The minimum atomic E-state index is -0.0440. The Kier molecular flexibility index (Phi) is 8.19. The molecule has 0 N–H and O–H groups in total. The van der Waals surface area contributed by atoms with Crippen LogP contribution in [0, 0.1) is 0 Å². The fourth-order valence-corrected chi connectivity index (χ4v) is 13.9. The van der Waals surface area contributed by atoms with Crippen molar-refractivity contribution in [3.63, 3.8) is 0 Å². The summed E-state index contributed by atoms with van der Waals surface area (Å²) in [6.45, 7) is 4.72. The number of rotatable bonds is 6. The first-order valence-electron chi connectivity index (χ1n) is 21.0. The summed E-state index contributed by atoms with van der Waals surface area (Å²) in [7, 11) is 0. The van der Waals surface area contributed by atoms with E-state index in [1.54, 1.807) is 0 Å². The molecule has 2 aliphatic carbocycles. The molecule has 0 saturated carbocycles. The molecular weight excluding hydrogens is 753 g/mol. The van der Waals surface area contributed by atoms with E-state index < -0.39 is 0 Å². The second-order valence-corrected chi connectivity index (χ2v) is 19.5. The van der Waals surface area contributed by atoms with Gasteiger partial charge in [0.15, 0.2) is 0 Å². The van der Waals surface area contributed by atoms with Crippen LogP contribution in [0.15, 0.2) is 192 Å². The highest BCUT2D eigenvalue weighted by Crippen LogP contribution is 2.66. The van der Waals surface area contributed by atoms with Crippen LogP contribution in [0.3, 0.4) is 0 Å². The normalized spacial score (nSPS) is 21.3. The highest BCUT2D eigenvalue weighted by Gasteiger charge is 2.57. The Balaban J connectivity index is 0.943. The Morgan fingerprint density at radius 3 is 1.71 bits per heavy atom. The van der Waals surface area contributed by atoms with Crippen molar-refractivity contribution < 1.29 is 0 Å². The van der Waals surface area contributed by atoms with Crippen LogP contribution in [0.4, 0.5) is 22.7 Å². The largest absolute Gasteiger partial charge is 0.355 e. The Bertz CT molecular complexity index is 2770. The standard InChI is InChI=1S/C55H44N2S2/c1-55(2)47-17-9-6-14-43(47)46-34-42(32-33-48(46)55)56(39-26-24-38(25-27-39)37-22-20-36(21-23-37)35-12-4-3-5-13-35)40-28-30-41(31-29-40)57-51-44-15-7-10-18-49(44)58-53(51)54-52(57)45-16-8-11-19-50(45)59-54/h4,6-34,51-54H,3,5H2,1-2H3. The van der Waals surface area contributed by atoms with E-state index >= 15 is 0 Å². The monoisotopic (exact) mass is 796 g/mol. The SMILES string of the molecule is CC1(C)c2ccccc2-c2cc(N(c3ccc(-c4ccc(C5=CCCC=C5)cc4)cc3)c3ccc(N4C5c6ccccc6SC5C5Sc6ccccc6C54)cc3)ccc21. The molecule has 286 valence electrons. The Hall–Kier alpha value is -5.68. The summed E-state index contributed by atoms with van der Waals surface area (Å²) in [6.07, 6.45) is 9.13. The van der Waals surface area contributed by atoms with Gasteiger partial charge in [-0.05, 0) is 129 Å². The van der Waals surface area contributed by atoms with Crippen molar-refractivity contribution in [2.24, 2.45) is 0 Å². The van der Waals surface area contributed by atoms with Crippen molar-refractivity contribution in [2.45, 2.75) is 64.5 Å². The molecule has 0 spiro atoms. The van der Waals surface area contributed by atoms with Gasteiger partial charge in [0.1, 0.15) is 0 Å². The van der Waals surface area contributed by atoms with E-state index in [1.165, 1.54) is 76.8 Å². The molecule has 5 aliphatic rings. The van der Waals surface area contributed by atoms with Crippen LogP contribution in [0.1, 0.15) is 66.6 Å². The van der Waals surface area contributed by atoms with Gasteiger partial charge in [-0.3, -0.25) is 0 Å². The third-order valence-electron chi connectivity index (χ3n) is 13.5. The quantitative estimate of drug-likeness (QED) is 0.165. The summed E-state index contributed by atoms with van der Waals surface area (Å²) in [5.74, 6) is 0. The predicted octanol–water partition coefficient (Wildman–Crippen LogP) is 15.1. The van der Waals surface area contributed by atoms with Crippen molar-refractivity contribution in [1.29, 1.82) is 0 Å². The molecule has 1 fully saturated rings. The number of hydrogen-bond acceptors (Lipinski definition) is 4. The zero-order chi connectivity index (χ0) is 39.2. The number of hydrogen-bond donors (Lipinski definition) is 0. The molecule has 1 saturated heterocycles. The lowest BCUT2D eigenvalue weighted by atomic mass is 9.82. The van der Waals surface area contributed by atoms with E-state index in [0.717, 1.165) is 24.2 Å². The van der Waals surface area contributed by atoms with E-state index in [-0.39, 0.29) is 5.41 Å². The minimum Gasteiger partial charge on any atom is -0.355 e. The highest BCUT2D eigenvalue weighted by molar-refractivity contribution is 8.04. The molecule has 0 bridgehead atoms. The van der Waals surface area contributed by atoms with Gasteiger partial charge in [0.05, 0.1) is 12.1 Å². The van der Waals surface area contributed by atoms with Gasteiger partial charge >= 0.3 is 0 Å². The number of nitrogens with zero attached hydrogens (tertiary/aromatic N) is 2. The van der Waals surface area contributed by atoms with Gasteiger partial charge in [0.25, 0.3) is 0 Å². The molecule has 7 aromatic carbocycles. The van der Waals surface area contributed by atoms with Crippen LogP contribution in [0.5, 0.6) is 0 Å². The summed E-state index contributed by atoms with van der Waals surface area (Å²) in [5.41, 5.74) is 18.2. The molecule has 0 amide bonds. The van der Waals surface area contributed by atoms with Gasteiger partial charge in [-0.25, -0.2) is 0 Å². The molecule has 12 rings (SSSR count). The number of anilines is 4. The van der Waals surface area contributed by atoms with Crippen LogP contribution in [0.2, 0.25) is 0 Å². The van der Waals surface area contributed by atoms with Gasteiger partial charge in [0.2, 0.25) is 0 Å². The van der Waals surface area contributed by atoms with Crippen LogP contribution >= 0.6 is 23.5 Å². The van der Waals surface area contributed by atoms with Crippen LogP contribution in [0.25, 0.3) is 27.8 Å². The summed E-state index contributed by atoms with van der Waals surface area (Å²) in [4.78, 5) is 8.08. The van der Waals surface area contributed by atoms with Gasteiger partial charge in [-0.15, -0.1) is 23.5 Å². The molecule has 3 heterocycles. The maximum atomic E-state index is 2.76. The Labute approximate surface area is 356 Å². The van der Waals surface area contributed by atoms with Crippen LogP contribution in [-0.4, -0.2) is 10.5 Å². The van der Waals surface area contributed by atoms with E-state index in [0.29, 0.717) is 22.6 Å². The summed E-state index contributed by atoms with van der Waals surface area (Å²) < 4.78 is 0. The van der Waals surface area contributed by atoms with E-state index in [4.69, 9.17) is 0 Å². The van der Waals surface area contributed by atoms with Crippen molar-refractivity contribution >= 4 is 51.8 Å². The molecule has 4 heteroatoms. The molecular formula is C55H44N2S2. The van der Waals surface area contributed by atoms with Gasteiger partial charge < -0.3 is 9.80 Å². The number of benzene rings is 7. The molecule has 7 aromatic rings. The van der Waals surface area contributed by atoms with Crippen molar-refractivity contribution in [3.05, 3.63) is 210 Å². The summed E-state index contributed by atoms with van der Waals surface area (Å²) >= 11 is 4.18. The van der Waals surface area contributed by atoms with Gasteiger partial charge in [0, 0.05) is 48.5 Å². The molecule has 3 aliphatic heterocycles. The molecule has 0 radical (unpaired) electrons. The molecule has 4 unspecified atom stereocenters. The number of allylic oxidation sites excluding steroid dienone is 4. The molecule has 2 nitrogen and oxygen atoms in total. The van der Waals surface area contributed by atoms with Crippen molar-refractivity contribution in [1.82, 2.24) is 0 Å². The fraction of sp³-hybridized carbons (Fsp3) is 0.164. The number of fused-ring (bicyclic) bond motifs is 10.